The Labute approximate surface area is 147 Å². The highest BCUT2D eigenvalue weighted by molar-refractivity contribution is 5.66. The molecular formula is C17H16F3N3O3. The molecule has 0 unspecified atom stereocenters. The maximum atomic E-state index is 12.2. The Balaban J connectivity index is 1.65. The van der Waals surface area contributed by atoms with Crippen LogP contribution in [0.1, 0.15) is 0 Å². The minimum atomic E-state index is -4.71. The third-order valence-corrected chi connectivity index (χ3v) is 4.04. The van der Waals surface area contributed by atoms with E-state index >= 15 is 0 Å². The van der Waals surface area contributed by atoms with E-state index in [0.717, 1.165) is 11.4 Å². The first-order valence-corrected chi connectivity index (χ1v) is 7.87. The molecule has 0 bridgehead atoms. The van der Waals surface area contributed by atoms with Gasteiger partial charge in [0.2, 0.25) is 0 Å². The molecule has 0 saturated carbocycles. The minimum absolute atomic E-state index is 0.276. The smallest absolute Gasteiger partial charge is 0.465 e. The van der Waals surface area contributed by atoms with Gasteiger partial charge >= 0.3 is 12.5 Å². The molecule has 2 heterocycles. The molecule has 1 N–H and O–H groups in total. The molecule has 1 aromatic carbocycles. The average molecular weight is 367 g/mol. The van der Waals surface area contributed by atoms with Gasteiger partial charge < -0.3 is 19.6 Å². The Morgan fingerprint density at radius 1 is 1.00 bits per heavy atom. The van der Waals surface area contributed by atoms with Gasteiger partial charge in [-0.25, -0.2) is 9.78 Å². The molecule has 0 aliphatic carbocycles. The fraction of sp³-hybridized carbons (Fsp3) is 0.294. The zero-order valence-electron chi connectivity index (χ0n) is 13.6. The number of anilines is 1. The van der Waals surface area contributed by atoms with E-state index < -0.39 is 12.5 Å². The minimum Gasteiger partial charge on any atom is -0.465 e. The third kappa shape index (κ3) is 4.35. The topological polar surface area (TPSA) is 65.9 Å². The second-order valence-corrected chi connectivity index (χ2v) is 5.73. The second kappa shape index (κ2) is 7.11. The van der Waals surface area contributed by atoms with Crippen LogP contribution in [-0.4, -0.2) is 53.6 Å². The van der Waals surface area contributed by atoms with E-state index in [9.17, 15) is 18.0 Å². The maximum absolute atomic E-state index is 12.2. The van der Waals surface area contributed by atoms with Gasteiger partial charge in [0.05, 0.1) is 0 Å². The molecule has 0 atom stereocenters. The van der Waals surface area contributed by atoms with Crippen LogP contribution in [0.2, 0.25) is 0 Å². The van der Waals surface area contributed by atoms with Gasteiger partial charge in [-0.1, -0.05) is 12.1 Å². The number of rotatable bonds is 3. The molecule has 1 saturated heterocycles. The lowest BCUT2D eigenvalue weighted by atomic mass is 10.1. The van der Waals surface area contributed by atoms with Crippen LogP contribution in [-0.2, 0) is 0 Å². The Morgan fingerprint density at radius 3 is 2.12 bits per heavy atom. The van der Waals surface area contributed by atoms with Crippen LogP contribution in [0.25, 0.3) is 11.1 Å². The van der Waals surface area contributed by atoms with Crippen molar-refractivity contribution in [3.8, 4) is 16.9 Å². The zero-order valence-corrected chi connectivity index (χ0v) is 13.6. The second-order valence-electron chi connectivity index (χ2n) is 5.73. The summed E-state index contributed by atoms with van der Waals surface area (Å²) < 4.78 is 40.4. The van der Waals surface area contributed by atoms with Crippen molar-refractivity contribution in [1.29, 1.82) is 0 Å². The summed E-state index contributed by atoms with van der Waals surface area (Å²) in [5.41, 5.74) is 1.48. The Bertz CT molecular complexity index is 756. The highest BCUT2D eigenvalue weighted by atomic mass is 19.4. The number of nitrogens with zero attached hydrogens (tertiary/aromatic N) is 3. The lowest BCUT2D eigenvalue weighted by Crippen LogP contribution is -2.48. The Hall–Kier alpha value is -2.97. The van der Waals surface area contributed by atoms with Crippen molar-refractivity contribution in [2.45, 2.75) is 6.36 Å². The number of halogens is 3. The van der Waals surface area contributed by atoms with E-state index in [1.54, 1.807) is 6.20 Å². The molecule has 1 fully saturated rings. The first kappa shape index (κ1) is 17.8. The molecule has 1 aromatic heterocycles. The first-order valence-electron chi connectivity index (χ1n) is 7.87. The monoisotopic (exact) mass is 367 g/mol. The highest BCUT2D eigenvalue weighted by Gasteiger charge is 2.31. The maximum Gasteiger partial charge on any atom is 0.573 e. The van der Waals surface area contributed by atoms with Gasteiger partial charge in [0.15, 0.2) is 0 Å². The fourth-order valence-corrected chi connectivity index (χ4v) is 2.72. The Kier molecular flexibility index (Phi) is 4.88. The summed E-state index contributed by atoms with van der Waals surface area (Å²) in [5.74, 6) is 0.456. The van der Waals surface area contributed by atoms with Gasteiger partial charge in [-0.15, -0.1) is 13.2 Å². The number of carboxylic acid groups (broad SMARTS) is 1. The molecule has 2 aromatic rings. The molecule has 3 rings (SSSR count). The largest absolute Gasteiger partial charge is 0.573 e. The number of pyridine rings is 1. The average Bonchev–Trinajstić information content (AvgIpc) is 2.61. The number of carbonyl (C=O) groups is 1. The van der Waals surface area contributed by atoms with Crippen molar-refractivity contribution in [1.82, 2.24) is 9.88 Å². The van der Waals surface area contributed by atoms with E-state index in [0.29, 0.717) is 31.7 Å². The summed E-state index contributed by atoms with van der Waals surface area (Å²) in [6.07, 6.45) is -4.00. The molecule has 0 spiro atoms. The van der Waals surface area contributed by atoms with Crippen molar-refractivity contribution in [2.24, 2.45) is 0 Å². The predicted octanol–water partition coefficient (Wildman–Crippen LogP) is 3.45. The number of amides is 1. The van der Waals surface area contributed by atoms with Gasteiger partial charge in [-0.3, -0.25) is 0 Å². The summed E-state index contributed by atoms with van der Waals surface area (Å²) in [4.78, 5) is 18.6. The van der Waals surface area contributed by atoms with E-state index in [1.807, 2.05) is 17.0 Å². The molecule has 1 aliphatic heterocycles. The molecule has 1 amide bonds. The lowest BCUT2D eigenvalue weighted by molar-refractivity contribution is -0.274. The van der Waals surface area contributed by atoms with Gasteiger partial charge in [-0.2, -0.15) is 0 Å². The number of hydrogen-bond donors (Lipinski definition) is 1. The van der Waals surface area contributed by atoms with Gasteiger partial charge in [0.25, 0.3) is 0 Å². The summed E-state index contributed by atoms with van der Waals surface area (Å²) in [6, 6.07) is 9.20. The Morgan fingerprint density at radius 2 is 1.62 bits per heavy atom. The van der Waals surface area contributed by atoms with Crippen molar-refractivity contribution in [3.63, 3.8) is 0 Å². The van der Waals surface area contributed by atoms with Gasteiger partial charge in [-0.05, 0) is 29.8 Å². The number of benzene rings is 1. The van der Waals surface area contributed by atoms with Crippen LogP contribution >= 0.6 is 0 Å². The van der Waals surface area contributed by atoms with Crippen molar-refractivity contribution in [3.05, 3.63) is 42.6 Å². The van der Waals surface area contributed by atoms with E-state index in [2.05, 4.69) is 9.72 Å². The van der Waals surface area contributed by atoms with Crippen molar-refractivity contribution in [2.75, 3.05) is 31.1 Å². The van der Waals surface area contributed by atoms with E-state index in [4.69, 9.17) is 5.11 Å². The SMILES string of the molecule is O=C(O)N1CCN(c2ccc(-c3ccc(OC(F)(F)F)cc3)cn2)CC1. The molecule has 9 heteroatoms. The van der Waals surface area contributed by atoms with E-state index in [-0.39, 0.29) is 5.75 Å². The summed E-state index contributed by atoms with van der Waals surface area (Å²) >= 11 is 0. The number of hydrogen-bond acceptors (Lipinski definition) is 4. The molecule has 26 heavy (non-hydrogen) atoms. The molecule has 1 aliphatic rings. The molecular weight excluding hydrogens is 351 g/mol. The van der Waals surface area contributed by atoms with Crippen LogP contribution in [0.4, 0.5) is 23.8 Å². The van der Waals surface area contributed by atoms with Crippen molar-refractivity contribution < 1.29 is 27.8 Å². The third-order valence-electron chi connectivity index (χ3n) is 4.04. The number of ether oxygens (including phenoxy) is 1. The lowest BCUT2D eigenvalue weighted by Gasteiger charge is -2.33. The zero-order chi connectivity index (χ0) is 18.7. The summed E-state index contributed by atoms with van der Waals surface area (Å²) in [5, 5.41) is 8.96. The van der Waals surface area contributed by atoms with Gasteiger partial charge in [0.1, 0.15) is 11.6 Å². The van der Waals surface area contributed by atoms with E-state index in [1.165, 1.54) is 29.2 Å². The number of aromatic nitrogens is 1. The quantitative estimate of drug-likeness (QED) is 0.900. The molecule has 6 nitrogen and oxygen atoms in total. The van der Waals surface area contributed by atoms with Gasteiger partial charge in [0, 0.05) is 37.9 Å². The van der Waals surface area contributed by atoms with Crippen molar-refractivity contribution >= 4 is 11.9 Å². The normalized spacial score (nSPS) is 15.0. The van der Waals surface area contributed by atoms with Crippen LogP contribution in [0.15, 0.2) is 42.6 Å². The predicted molar refractivity (Wildman–Crippen MR) is 88.2 cm³/mol. The van der Waals surface area contributed by atoms with Crippen LogP contribution in [0, 0.1) is 0 Å². The fourth-order valence-electron chi connectivity index (χ4n) is 2.72. The molecule has 138 valence electrons. The highest BCUT2D eigenvalue weighted by Crippen LogP contribution is 2.27. The number of alkyl halides is 3. The standard InChI is InChI=1S/C17H16F3N3O3/c18-17(19,20)26-14-4-1-12(2-5-14)13-3-6-15(21-11-13)22-7-9-23(10-8-22)16(24)25/h1-6,11H,7-10H2,(H,24,25). The summed E-state index contributed by atoms with van der Waals surface area (Å²) in [7, 11) is 0. The van der Waals surface area contributed by atoms with Crippen LogP contribution in [0.3, 0.4) is 0 Å². The number of piperazine rings is 1. The van der Waals surface area contributed by atoms with Crippen LogP contribution < -0.4 is 9.64 Å². The van der Waals surface area contributed by atoms with Crippen LogP contribution in [0.5, 0.6) is 5.75 Å². The molecule has 0 radical (unpaired) electrons. The summed E-state index contributed by atoms with van der Waals surface area (Å²) in [6.45, 7) is 1.95. The first-order chi connectivity index (χ1) is 12.3.